The van der Waals surface area contributed by atoms with Crippen LogP contribution in [0.15, 0.2) is 12.3 Å². The monoisotopic (exact) mass is 255 g/mol. The van der Waals surface area contributed by atoms with Crippen LogP contribution in [0.4, 0.5) is 0 Å². The molecule has 0 bridgehead atoms. The molecule has 2 heterocycles. The van der Waals surface area contributed by atoms with E-state index in [1.165, 1.54) is 0 Å². The summed E-state index contributed by atoms with van der Waals surface area (Å²) in [4.78, 5) is 14.2. The highest BCUT2D eigenvalue weighted by molar-refractivity contribution is 6.31. The predicted molar refractivity (Wildman–Crippen MR) is 68.1 cm³/mol. The van der Waals surface area contributed by atoms with E-state index in [0.29, 0.717) is 16.6 Å². The summed E-state index contributed by atoms with van der Waals surface area (Å²) in [6.07, 6.45) is 2.61. The molecule has 0 aliphatic carbocycles. The third-order valence-corrected chi connectivity index (χ3v) is 3.66. The second-order valence-corrected chi connectivity index (χ2v) is 5.27. The summed E-state index contributed by atoms with van der Waals surface area (Å²) >= 11 is 5.89. The Morgan fingerprint density at radius 3 is 2.82 bits per heavy atom. The number of carbonyl (C=O) groups excluding carboxylic acids is 1. The molecule has 1 fully saturated rings. The Balaban J connectivity index is 2.13. The van der Waals surface area contributed by atoms with Crippen molar-refractivity contribution < 1.29 is 4.79 Å². The number of carbonyl (C=O) groups is 1. The Hall–Kier alpha value is -1.00. The van der Waals surface area contributed by atoms with E-state index >= 15 is 0 Å². The van der Waals surface area contributed by atoms with Gasteiger partial charge in [0.1, 0.15) is 5.69 Å². The van der Waals surface area contributed by atoms with Gasteiger partial charge in [-0.15, -0.1) is 0 Å². The van der Waals surface area contributed by atoms with Gasteiger partial charge in [-0.3, -0.25) is 4.79 Å². The molecule has 1 aromatic heterocycles. The van der Waals surface area contributed by atoms with Crippen molar-refractivity contribution in [2.45, 2.75) is 19.4 Å². The Bertz CT molecular complexity index is 429. The number of piperidine rings is 1. The second-order valence-electron chi connectivity index (χ2n) is 4.84. The van der Waals surface area contributed by atoms with Crippen molar-refractivity contribution >= 4 is 17.5 Å². The molecule has 2 N–H and O–H groups in total. The fourth-order valence-corrected chi connectivity index (χ4v) is 2.50. The minimum atomic E-state index is 0.0400. The first-order chi connectivity index (χ1) is 7.99. The largest absolute Gasteiger partial charge is 0.345 e. The molecule has 1 aliphatic rings. The number of halogens is 1. The van der Waals surface area contributed by atoms with Crippen molar-refractivity contribution in [1.82, 2.24) is 9.47 Å². The van der Waals surface area contributed by atoms with Crippen molar-refractivity contribution in [3.05, 3.63) is 23.0 Å². The molecular formula is C12H18ClN3O. The van der Waals surface area contributed by atoms with Crippen molar-refractivity contribution in [2.75, 3.05) is 13.1 Å². The molecule has 2 unspecified atom stereocenters. The van der Waals surface area contributed by atoms with E-state index in [4.69, 9.17) is 17.3 Å². The first-order valence-electron chi connectivity index (χ1n) is 5.85. The number of rotatable bonds is 1. The topological polar surface area (TPSA) is 51.3 Å². The van der Waals surface area contributed by atoms with Crippen LogP contribution in [0.1, 0.15) is 23.8 Å². The average molecular weight is 256 g/mol. The molecule has 1 amide bonds. The number of hydrogen-bond acceptors (Lipinski definition) is 2. The molecule has 0 radical (unpaired) electrons. The molecule has 2 rings (SSSR count). The molecule has 94 valence electrons. The summed E-state index contributed by atoms with van der Waals surface area (Å²) in [7, 11) is 1.83. The number of amides is 1. The lowest BCUT2D eigenvalue weighted by Crippen LogP contribution is -2.48. The van der Waals surface area contributed by atoms with Gasteiger partial charge in [0.15, 0.2) is 0 Å². The van der Waals surface area contributed by atoms with Crippen LogP contribution in [0.3, 0.4) is 0 Å². The highest BCUT2D eigenvalue weighted by atomic mass is 35.5. The molecule has 0 spiro atoms. The molecule has 1 aliphatic heterocycles. The third-order valence-electron chi connectivity index (χ3n) is 3.45. The highest BCUT2D eigenvalue weighted by Crippen LogP contribution is 2.19. The Morgan fingerprint density at radius 2 is 2.29 bits per heavy atom. The Labute approximate surface area is 106 Å². The third kappa shape index (κ3) is 2.48. The first-order valence-corrected chi connectivity index (χ1v) is 6.23. The maximum Gasteiger partial charge on any atom is 0.270 e. The van der Waals surface area contributed by atoms with E-state index in [1.54, 1.807) is 16.8 Å². The minimum Gasteiger partial charge on any atom is -0.345 e. The lowest BCUT2D eigenvalue weighted by Gasteiger charge is -2.35. The Morgan fingerprint density at radius 1 is 1.59 bits per heavy atom. The zero-order valence-electron chi connectivity index (χ0n) is 10.2. The first kappa shape index (κ1) is 12.5. The number of likely N-dealkylation sites (tertiary alicyclic amines) is 1. The van der Waals surface area contributed by atoms with Gasteiger partial charge in [0.2, 0.25) is 0 Å². The summed E-state index contributed by atoms with van der Waals surface area (Å²) < 4.78 is 1.77. The quantitative estimate of drug-likeness (QED) is 0.827. The van der Waals surface area contributed by atoms with Gasteiger partial charge < -0.3 is 15.2 Å². The van der Waals surface area contributed by atoms with E-state index in [1.807, 2.05) is 11.9 Å². The Kier molecular flexibility index (Phi) is 3.45. The van der Waals surface area contributed by atoms with Crippen molar-refractivity contribution in [1.29, 1.82) is 0 Å². The van der Waals surface area contributed by atoms with Gasteiger partial charge in [-0.25, -0.2) is 0 Å². The lowest BCUT2D eigenvalue weighted by molar-refractivity contribution is 0.0654. The van der Waals surface area contributed by atoms with Gasteiger partial charge in [0.25, 0.3) is 5.91 Å². The summed E-state index contributed by atoms with van der Waals surface area (Å²) in [5, 5.41) is 0.595. The van der Waals surface area contributed by atoms with Gasteiger partial charge >= 0.3 is 0 Å². The van der Waals surface area contributed by atoms with E-state index in [-0.39, 0.29) is 11.9 Å². The number of nitrogens with zero attached hydrogens (tertiary/aromatic N) is 2. The summed E-state index contributed by atoms with van der Waals surface area (Å²) in [5.74, 6) is 0.390. The van der Waals surface area contributed by atoms with Crippen LogP contribution in [-0.4, -0.2) is 34.5 Å². The summed E-state index contributed by atoms with van der Waals surface area (Å²) in [6.45, 7) is 3.54. The predicted octanol–water partition coefficient (Wildman–Crippen LogP) is 1.49. The van der Waals surface area contributed by atoms with Crippen LogP contribution in [-0.2, 0) is 7.05 Å². The number of aromatic nitrogens is 1. The maximum atomic E-state index is 12.3. The SMILES string of the molecule is CC1CN(C(=O)c2cc(Cl)cn2C)CCC1N. The van der Waals surface area contributed by atoms with Gasteiger partial charge in [-0.2, -0.15) is 0 Å². The van der Waals surface area contributed by atoms with Gasteiger partial charge in [0.05, 0.1) is 5.02 Å². The van der Waals surface area contributed by atoms with Crippen molar-refractivity contribution in [2.24, 2.45) is 18.7 Å². The number of hydrogen-bond donors (Lipinski definition) is 1. The molecular weight excluding hydrogens is 238 g/mol. The summed E-state index contributed by atoms with van der Waals surface area (Å²) in [6, 6.07) is 1.92. The molecule has 17 heavy (non-hydrogen) atoms. The van der Waals surface area contributed by atoms with Crippen LogP contribution in [0.2, 0.25) is 5.02 Å². The molecule has 4 nitrogen and oxygen atoms in total. The molecule has 1 saturated heterocycles. The minimum absolute atomic E-state index is 0.0400. The molecule has 1 aromatic rings. The van der Waals surface area contributed by atoms with Crippen LogP contribution < -0.4 is 5.73 Å². The number of aryl methyl sites for hydroxylation is 1. The van der Waals surface area contributed by atoms with Gasteiger partial charge in [-0.1, -0.05) is 18.5 Å². The molecule has 0 saturated carbocycles. The zero-order chi connectivity index (χ0) is 12.6. The second kappa shape index (κ2) is 4.70. The van der Waals surface area contributed by atoms with Gasteiger partial charge in [-0.05, 0) is 18.4 Å². The van der Waals surface area contributed by atoms with Crippen LogP contribution >= 0.6 is 11.6 Å². The fraction of sp³-hybridized carbons (Fsp3) is 0.583. The fourth-order valence-electron chi connectivity index (χ4n) is 2.25. The zero-order valence-corrected chi connectivity index (χ0v) is 10.9. The van der Waals surface area contributed by atoms with Crippen LogP contribution in [0.5, 0.6) is 0 Å². The lowest BCUT2D eigenvalue weighted by atomic mass is 9.94. The number of nitrogens with two attached hydrogens (primary N) is 1. The normalized spacial score (nSPS) is 25.1. The van der Waals surface area contributed by atoms with E-state index in [2.05, 4.69) is 6.92 Å². The maximum absolute atomic E-state index is 12.3. The van der Waals surface area contributed by atoms with Crippen LogP contribution in [0.25, 0.3) is 0 Å². The average Bonchev–Trinajstić information content (AvgIpc) is 2.61. The summed E-state index contributed by atoms with van der Waals surface area (Å²) in [5.41, 5.74) is 6.59. The molecule has 0 aromatic carbocycles. The highest BCUT2D eigenvalue weighted by Gasteiger charge is 2.27. The smallest absolute Gasteiger partial charge is 0.270 e. The molecule has 2 atom stereocenters. The van der Waals surface area contributed by atoms with E-state index < -0.39 is 0 Å². The van der Waals surface area contributed by atoms with E-state index in [0.717, 1.165) is 19.5 Å². The van der Waals surface area contributed by atoms with E-state index in [9.17, 15) is 4.79 Å². The van der Waals surface area contributed by atoms with Crippen molar-refractivity contribution in [3.8, 4) is 0 Å². The van der Waals surface area contributed by atoms with Crippen LogP contribution in [0, 0.1) is 5.92 Å². The van der Waals surface area contributed by atoms with Gasteiger partial charge in [0, 0.05) is 32.4 Å². The van der Waals surface area contributed by atoms with Crippen molar-refractivity contribution in [3.63, 3.8) is 0 Å². The standard InChI is InChI=1S/C12H18ClN3O/c1-8-6-16(4-3-10(8)14)12(17)11-5-9(13)7-15(11)2/h5,7-8,10H,3-4,6,14H2,1-2H3. The molecule has 5 heteroatoms.